The van der Waals surface area contributed by atoms with Crippen LogP contribution < -0.4 is 15.3 Å². The molecule has 0 unspecified atom stereocenters. The van der Waals surface area contributed by atoms with Gasteiger partial charge >= 0.3 is 5.69 Å². The lowest BCUT2D eigenvalue weighted by Crippen LogP contribution is -2.28. The van der Waals surface area contributed by atoms with Crippen LogP contribution in [0.2, 0.25) is 5.02 Å². The molecule has 160 valence electrons. The maximum atomic E-state index is 12.7. The summed E-state index contributed by atoms with van der Waals surface area (Å²) in [6.45, 7) is 3.18. The Labute approximate surface area is 184 Å². The standard InChI is InChI=1S/C23H22ClN3O4/c1-3-5-15-6-4-7-19-17(15)14-30-10-8-27(19)22-16-12-18(24)21(31-11-9-28)13-20(16)26(2)23(29)25-22/h4,6-7,12-13,28H,8-11,14H2,1-2H3. The highest BCUT2D eigenvalue weighted by molar-refractivity contribution is 6.33. The molecule has 3 aromatic rings. The van der Waals surface area contributed by atoms with E-state index in [2.05, 4.69) is 16.8 Å². The Balaban J connectivity index is 1.95. The van der Waals surface area contributed by atoms with Crippen molar-refractivity contribution >= 4 is 34.0 Å². The van der Waals surface area contributed by atoms with Crippen LogP contribution in [0.5, 0.6) is 5.75 Å². The molecule has 7 nitrogen and oxygen atoms in total. The maximum absolute atomic E-state index is 12.7. The molecule has 2 aromatic carbocycles. The highest BCUT2D eigenvalue weighted by Crippen LogP contribution is 2.38. The zero-order valence-electron chi connectivity index (χ0n) is 17.3. The molecule has 0 radical (unpaired) electrons. The second kappa shape index (κ2) is 8.98. The minimum absolute atomic E-state index is 0.106. The minimum Gasteiger partial charge on any atom is -0.490 e. The van der Waals surface area contributed by atoms with E-state index in [1.54, 1.807) is 26.1 Å². The lowest BCUT2D eigenvalue weighted by molar-refractivity contribution is 0.133. The van der Waals surface area contributed by atoms with E-state index in [9.17, 15) is 4.79 Å². The van der Waals surface area contributed by atoms with Crippen LogP contribution in [0.25, 0.3) is 10.9 Å². The number of ether oxygens (including phenoxy) is 2. The van der Waals surface area contributed by atoms with Crippen molar-refractivity contribution in [3.8, 4) is 17.6 Å². The summed E-state index contributed by atoms with van der Waals surface area (Å²) < 4.78 is 12.8. The van der Waals surface area contributed by atoms with Crippen molar-refractivity contribution in [2.45, 2.75) is 13.5 Å². The van der Waals surface area contributed by atoms with Crippen molar-refractivity contribution in [3.05, 3.63) is 57.0 Å². The molecular formula is C23H22ClN3O4. The third kappa shape index (κ3) is 3.98. The number of halogens is 1. The first-order valence-corrected chi connectivity index (χ1v) is 10.3. The molecule has 1 aromatic heterocycles. The molecule has 1 aliphatic heterocycles. The van der Waals surface area contributed by atoms with Gasteiger partial charge in [0.1, 0.15) is 18.2 Å². The van der Waals surface area contributed by atoms with E-state index in [0.29, 0.717) is 47.3 Å². The second-order valence-electron chi connectivity index (χ2n) is 7.03. The highest BCUT2D eigenvalue weighted by atomic mass is 35.5. The Bertz CT molecular complexity index is 1260. The molecule has 8 heteroatoms. The first-order valence-electron chi connectivity index (χ1n) is 9.89. The van der Waals surface area contributed by atoms with Gasteiger partial charge in [-0.2, -0.15) is 4.98 Å². The molecule has 0 aliphatic carbocycles. The first kappa shape index (κ1) is 21.2. The number of fused-ring (bicyclic) bond motifs is 2. The third-order valence-electron chi connectivity index (χ3n) is 5.15. The van der Waals surface area contributed by atoms with Gasteiger partial charge in [-0.1, -0.05) is 23.6 Å². The van der Waals surface area contributed by atoms with Gasteiger partial charge in [-0.3, -0.25) is 4.57 Å². The summed E-state index contributed by atoms with van der Waals surface area (Å²) in [5, 5.41) is 10.1. The van der Waals surface area contributed by atoms with E-state index in [-0.39, 0.29) is 13.2 Å². The Morgan fingerprint density at radius 1 is 1.35 bits per heavy atom. The van der Waals surface area contributed by atoms with E-state index in [4.69, 9.17) is 26.2 Å². The van der Waals surface area contributed by atoms with E-state index < -0.39 is 5.69 Å². The number of aromatic nitrogens is 2. The van der Waals surface area contributed by atoms with Crippen molar-refractivity contribution in [1.29, 1.82) is 0 Å². The highest BCUT2D eigenvalue weighted by Gasteiger charge is 2.24. The van der Waals surface area contributed by atoms with Gasteiger partial charge < -0.3 is 19.5 Å². The number of aliphatic hydroxyl groups is 1. The summed E-state index contributed by atoms with van der Waals surface area (Å²) in [5.41, 5.74) is 2.98. The van der Waals surface area contributed by atoms with Crippen LogP contribution in [0.4, 0.5) is 11.5 Å². The van der Waals surface area contributed by atoms with Crippen molar-refractivity contribution in [2.75, 3.05) is 31.3 Å². The fraction of sp³-hybridized carbons (Fsp3) is 0.304. The molecule has 0 spiro atoms. The van der Waals surface area contributed by atoms with E-state index in [1.165, 1.54) is 4.57 Å². The molecule has 0 saturated heterocycles. The largest absolute Gasteiger partial charge is 0.490 e. The number of aryl methyl sites for hydroxylation is 1. The zero-order chi connectivity index (χ0) is 22.0. The molecule has 0 bridgehead atoms. The molecule has 0 saturated carbocycles. The topological polar surface area (TPSA) is 76.8 Å². The molecule has 1 N–H and O–H groups in total. The van der Waals surface area contributed by atoms with E-state index in [0.717, 1.165) is 16.8 Å². The summed E-state index contributed by atoms with van der Waals surface area (Å²) in [5.74, 6) is 6.97. The summed E-state index contributed by atoms with van der Waals surface area (Å²) in [6.07, 6.45) is 0. The Morgan fingerprint density at radius 2 is 2.19 bits per heavy atom. The summed E-state index contributed by atoms with van der Waals surface area (Å²) in [7, 11) is 1.65. The smallest absolute Gasteiger partial charge is 0.349 e. The fourth-order valence-electron chi connectivity index (χ4n) is 3.70. The summed E-state index contributed by atoms with van der Waals surface area (Å²) in [4.78, 5) is 19.1. The molecule has 0 amide bonds. The quantitative estimate of drug-likeness (QED) is 0.630. The van der Waals surface area contributed by atoms with E-state index in [1.807, 2.05) is 23.1 Å². The Kier molecular flexibility index (Phi) is 6.14. The number of hydrogen-bond donors (Lipinski definition) is 1. The molecule has 2 heterocycles. The van der Waals surface area contributed by atoms with Gasteiger partial charge in [0.05, 0.1) is 30.4 Å². The number of aliphatic hydroxyl groups excluding tert-OH is 1. The Morgan fingerprint density at radius 3 is 2.97 bits per heavy atom. The van der Waals surface area contributed by atoms with Crippen molar-refractivity contribution in [2.24, 2.45) is 7.05 Å². The minimum atomic E-state index is -0.394. The average molecular weight is 440 g/mol. The van der Waals surface area contributed by atoms with Crippen molar-refractivity contribution in [3.63, 3.8) is 0 Å². The summed E-state index contributed by atoms with van der Waals surface area (Å²) >= 11 is 6.46. The molecule has 31 heavy (non-hydrogen) atoms. The lowest BCUT2D eigenvalue weighted by Gasteiger charge is -2.25. The van der Waals surface area contributed by atoms with Crippen LogP contribution in [0, 0.1) is 11.8 Å². The zero-order valence-corrected chi connectivity index (χ0v) is 18.1. The molecule has 0 atom stereocenters. The second-order valence-corrected chi connectivity index (χ2v) is 7.44. The fourth-order valence-corrected chi connectivity index (χ4v) is 3.92. The summed E-state index contributed by atoms with van der Waals surface area (Å²) in [6, 6.07) is 9.32. The van der Waals surface area contributed by atoms with Crippen molar-refractivity contribution < 1.29 is 14.6 Å². The van der Waals surface area contributed by atoms with Crippen molar-refractivity contribution in [1.82, 2.24) is 9.55 Å². The van der Waals surface area contributed by atoms with Gasteiger partial charge in [0.2, 0.25) is 0 Å². The van der Waals surface area contributed by atoms with Crippen LogP contribution in [-0.2, 0) is 18.4 Å². The van der Waals surface area contributed by atoms with Gasteiger partial charge in [-0.15, -0.1) is 5.92 Å². The predicted molar refractivity (Wildman–Crippen MR) is 120 cm³/mol. The van der Waals surface area contributed by atoms with E-state index >= 15 is 0 Å². The normalized spacial score (nSPS) is 13.4. The van der Waals surface area contributed by atoms with Gasteiger partial charge in [-0.05, 0) is 25.1 Å². The van der Waals surface area contributed by atoms with Crippen LogP contribution >= 0.6 is 11.6 Å². The number of hydrogen-bond acceptors (Lipinski definition) is 6. The van der Waals surface area contributed by atoms with Crippen LogP contribution in [0.3, 0.4) is 0 Å². The predicted octanol–water partition coefficient (Wildman–Crippen LogP) is 3.00. The molecule has 1 aliphatic rings. The average Bonchev–Trinajstić information content (AvgIpc) is 2.98. The SMILES string of the molecule is CC#Cc1cccc2c1COCCN2c1nc(=O)n(C)c2cc(OCCO)c(Cl)cc12. The lowest BCUT2D eigenvalue weighted by atomic mass is 10.0. The van der Waals surface area contributed by atoms with Gasteiger partial charge in [0.25, 0.3) is 0 Å². The first-order chi connectivity index (χ1) is 15.0. The van der Waals surface area contributed by atoms with Crippen LogP contribution in [0.1, 0.15) is 18.1 Å². The maximum Gasteiger partial charge on any atom is 0.349 e. The monoisotopic (exact) mass is 439 g/mol. The third-order valence-corrected chi connectivity index (χ3v) is 5.45. The molecule has 4 rings (SSSR count). The number of anilines is 2. The number of rotatable bonds is 4. The van der Waals surface area contributed by atoms with Crippen LogP contribution in [-0.4, -0.2) is 41.0 Å². The Hall–Kier alpha value is -3.05. The van der Waals surface area contributed by atoms with Gasteiger partial charge in [0.15, 0.2) is 0 Å². The number of benzene rings is 2. The van der Waals surface area contributed by atoms with Gasteiger partial charge in [0, 0.05) is 41.9 Å². The number of nitrogens with zero attached hydrogens (tertiary/aromatic N) is 3. The molecule has 0 fully saturated rings. The van der Waals surface area contributed by atoms with Crippen LogP contribution in [0.15, 0.2) is 35.1 Å². The molecular weight excluding hydrogens is 418 g/mol. The van der Waals surface area contributed by atoms with Gasteiger partial charge in [-0.25, -0.2) is 4.79 Å².